The van der Waals surface area contributed by atoms with Crippen molar-refractivity contribution >= 4 is 5.91 Å². The van der Waals surface area contributed by atoms with Gasteiger partial charge in [-0.25, -0.2) is 0 Å². The van der Waals surface area contributed by atoms with Crippen LogP contribution in [0.2, 0.25) is 0 Å². The Morgan fingerprint density at radius 2 is 1.80 bits per heavy atom. The topological polar surface area (TPSA) is 77.2 Å². The number of nitrogens with zero attached hydrogens (tertiary/aromatic N) is 2. The molecule has 2 aromatic carbocycles. The van der Waals surface area contributed by atoms with E-state index < -0.39 is 6.10 Å². The van der Waals surface area contributed by atoms with Gasteiger partial charge in [0.05, 0.1) is 6.54 Å². The number of ether oxygens (including phenoxy) is 1. The molecular weight excluding hydrogens is 318 g/mol. The first-order valence-corrected chi connectivity index (χ1v) is 8.01. The Kier molecular flexibility index (Phi) is 5.09. The Morgan fingerprint density at radius 3 is 2.44 bits per heavy atom. The van der Waals surface area contributed by atoms with Crippen LogP contribution in [0.25, 0.3) is 11.1 Å². The normalized spacial score (nSPS) is 11.8. The molecule has 0 fully saturated rings. The quantitative estimate of drug-likeness (QED) is 0.748. The van der Waals surface area contributed by atoms with E-state index in [1.54, 1.807) is 13.8 Å². The SMILES string of the molecule is Cc1nc(CNC(=O)[C@@H](C)Oc2ccc(-c3ccccc3)cc2)no1. The summed E-state index contributed by atoms with van der Waals surface area (Å²) < 4.78 is 10.5. The molecule has 128 valence electrons. The van der Waals surface area contributed by atoms with Crippen LogP contribution in [0, 0.1) is 6.92 Å². The van der Waals surface area contributed by atoms with Crippen molar-refractivity contribution in [2.24, 2.45) is 0 Å². The summed E-state index contributed by atoms with van der Waals surface area (Å²) in [7, 11) is 0. The van der Waals surface area contributed by atoms with Gasteiger partial charge in [-0.05, 0) is 30.2 Å². The van der Waals surface area contributed by atoms with Gasteiger partial charge in [-0.1, -0.05) is 47.6 Å². The zero-order valence-electron chi connectivity index (χ0n) is 14.1. The molecule has 0 aliphatic carbocycles. The summed E-state index contributed by atoms with van der Waals surface area (Å²) in [4.78, 5) is 16.1. The average molecular weight is 337 g/mol. The molecule has 0 aliphatic rings. The highest BCUT2D eigenvalue weighted by atomic mass is 16.5. The summed E-state index contributed by atoms with van der Waals surface area (Å²) in [5.41, 5.74) is 2.23. The minimum Gasteiger partial charge on any atom is -0.481 e. The van der Waals surface area contributed by atoms with Crippen molar-refractivity contribution in [1.82, 2.24) is 15.5 Å². The lowest BCUT2D eigenvalue weighted by molar-refractivity contribution is -0.127. The number of aromatic nitrogens is 2. The molecule has 0 aliphatic heterocycles. The van der Waals surface area contributed by atoms with E-state index in [4.69, 9.17) is 9.26 Å². The molecule has 0 unspecified atom stereocenters. The first-order chi connectivity index (χ1) is 12.1. The highest BCUT2D eigenvalue weighted by Crippen LogP contribution is 2.22. The number of amides is 1. The lowest BCUT2D eigenvalue weighted by Gasteiger charge is -2.14. The predicted octanol–water partition coefficient (Wildman–Crippen LogP) is 3.13. The number of carbonyl (C=O) groups excluding carboxylic acids is 1. The summed E-state index contributed by atoms with van der Waals surface area (Å²) in [5.74, 6) is 1.30. The van der Waals surface area contributed by atoms with E-state index in [9.17, 15) is 4.79 Å². The van der Waals surface area contributed by atoms with Gasteiger partial charge >= 0.3 is 0 Å². The lowest BCUT2D eigenvalue weighted by Crippen LogP contribution is -2.36. The maximum absolute atomic E-state index is 12.1. The Bertz CT molecular complexity index is 829. The third-order valence-electron chi connectivity index (χ3n) is 3.63. The molecule has 1 atom stereocenters. The molecule has 6 nitrogen and oxygen atoms in total. The number of benzene rings is 2. The predicted molar refractivity (Wildman–Crippen MR) is 92.8 cm³/mol. The minimum atomic E-state index is -0.629. The molecular formula is C19H19N3O3. The minimum absolute atomic E-state index is 0.205. The van der Waals surface area contributed by atoms with Crippen molar-refractivity contribution in [3.63, 3.8) is 0 Å². The molecule has 0 spiro atoms. The van der Waals surface area contributed by atoms with Crippen molar-refractivity contribution < 1.29 is 14.1 Å². The van der Waals surface area contributed by atoms with E-state index in [0.29, 0.717) is 17.5 Å². The van der Waals surface area contributed by atoms with Gasteiger partial charge < -0.3 is 14.6 Å². The van der Waals surface area contributed by atoms with E-state index in [2.05, 4.69) is 15.5 Å². The fourth-order valence-electron chi connectivity index (χ4n) is 2.34. The zero-order valence-corrected chi connectivity index (χ0v) is 14.1. The molecule has 3 rings (SSSR count). The van der Waals surface area contributed by atoms with Crippen LogP contribution >= 0.6 is 0 Å². The summed E-state index contributed by atoms with van der Waals surface area (Å²) in [6.07, 6.45) is -0.629. The van der Waals surface area contributed by atoms with E-state index in [1.807, 2.05) is 54.6 Å². The van der Waals surface area contributed by atoms with Gasteiger partial charge in [0.15, 0.2) is 11.9 Å². The molecule has 3 aromatic rings. The van der Waals surface area contributed by atoms with Crippen molar-refractivity contribution in [1.29, 1.82) is 0 Å². The van der Waals surface area contributed by atoms with Crippen LogP contribution in [0.5, 0.6) is 5.75 Å². The number of hydrogen-bond acceptors (Lipinski definition) is 5. The van der Waals surface area contributed by atoms with Gasteiger partial charge in [0.1, 0.15) is 5.75 Å². The largest absolute Gasteiger partial charge is 0.481 e. The highest BCUT2D eigenvalue weighted by molar-refractivity contribution is 5.80. The van der Waals surface area contributed by atoms with E-state index in [1.165, 1.54) is 0 Å². The first-order valence-electron chi connectivity index (χ1n) is 8.01. The van der Waals surface area contributed by atoms with Gasteiger partial charge in [-0.2, -0.15) is 4.98 Å². The maximum atomic E-state index is 12.1. The van der Waals surface area contributed by atoms with E-state index in [-0.39, 0.29) is 12.5 Å². The summed E-state index contributed by atoms with van der Waals surface area (Å²) in [5, 5.41) is 6.45. The number of rotatable bonds is 6. The van der Waals surface area contributed by atoms with Gasteiger partial charge in [0.2, 0.25) is 5.89 Å². The maximum Gasteiger partial charge on any atom is 0.261 e. The molecule has 0 bridgehead atoms. The molecule has 1 N–H and O–H groups in total. The molecule has 6 heteroatoms. The first kappa shape index (κ1) is 16.7. The van der Waals surface area contributed by atoms with Gasteiger partial charge in [-0.15, -0.1) is 0 Å². The third kappa shape index (κ3) is 4.44. The second kappa shape index (κ2) is 7.61. The van der Waals surface area contributed by atoms with Crippen LogP contribution < -0.4 is 10.1 Å². The Balaban J connectivity index is 1.55. The number of aryl methyl sites for hydroxylation is 1. The van der Waals surface area contributed by atoms with Gasteiger partial charge in [0, 0.05) is 6.92 Å². The average Bonchev–Trinajstić information content (AvgIpc) is 3.06. The fourth-order valence-corrected chi connectivity index (χ4v) is 2.34. The van der Waals surface area contributed by atoms with Crippen LogP contribution in [0.4, 0.5) is 0 Å². The molecule has 1 aromatic heterocycles. The number of hydrogen-bond donors (Lipinski definition) is 1. The Labute approximate surface area is 145 Å². The standard InChI is InChI=1S/C19H19N3O3/c1-13(19(23)20-12-18-21-14(2)25-22-18)24-17-10-8-16(9-11-17)15-6-4-3-5-7-15/h3-11,13H,12H2,1-2H3,(H,20,23)/t13-/m1/s1. The van der Waals surface area contributed by atoms with Crippen LogP contribution in [-0.4, -0.2) is 22.2 Å². The lowest BCUT2D eigenvalue weighted by atomic mass is 10.1. The van der Waals surface area contributed by atoms with Gasteiger partial charge in [-0.3, -0.25) is 4.79 Å². The van der Waals surface area contributed by atoms with Crippen molar-refractivity contribution in [2.45, 2.75) is 26.5 Å². The molecule has 0 saturated heterocycles. The molecule has 0 radical (unpaired) electrons. The summed E-state index contributed by atoms with van der Waals surface area (Å²) in [6, 6.07) is 17.7. The van der Waals surface area contributed by atoms with Crippen LogP contribution in [0.15, 0.2) is 59.1 Å². The monoisotopic (exact) mass is 337 g/mol. The Hall–Kier alpha value is -3.15. The number of nitrogens with one attached hydrogen (secondary N) is 1. The smallest absolute Gasteiger partial charge is 0.261 e. The van der Waals surface area contributed by atoms with E-state index >= 15 is 0 Å². The second-order valence-electron chi connectivity index (χ2n) is 5.60. The molecule has 1 amide bonds. The summed E-state index contributed by atoms with van der Waals surface area (Å²) >= 11 is 0. The number of carbonyl (C=O) groups is 1. The van der Waals surface area contributed by atoms with Gasteiger partial charge in [0.25, 0.3) is 5.91 Å². The van der Waals surface area contributed by atoms with Crippen LogP contribution in [0.1, 0.15) is 18.6 Å². The molecule has 0 saturated carbocycles. The van der Waals surface area contributed by atoms with E-state index in [0.717, 1.165) is 11.1 Å². The molecule has 1 heterocycles. The van der Waals surface area contributed by atoms with Crippen molar-refractivity contribution in [3.8, 4) is 16.9 Å². The zero-order chi connectivity index (χ0) is 17.6. The fraction of sp³-hybridized carbons (Fsp3) is 0.211. The second-order valence-corrected chi connectivity index (χ2v) is 5.60. The molecule has 25 heavy (non-hydrogen) atoms. The summed E-state index contributed by atoms with van der Waals surface area (Å²) in [6.45, 7) is 3.60. The van der Waals surface area contributed by atoms with Crippen molar-refractivity contribution in [3.05, 3.63) is 66.3 Å². The van der Waals surface area contributed by atoms with Crippen LogP contribution in [0.3, 0.4) is 0 Å². The Morgan fingerprint density at radius 1 is 1.12 bits per heavy atom. The highest BCUT2D eigenvalue weighted by Gasteiger charge is 2.15. The van der Waals surface area contributed by atoms with Crippen molar-refractivity contribution in [2.75, 3.05) is 0 Å². The van der Waals surface area contributed by atoms with Crippen LogP contribution in [-0.2, 0) is 11.3 Å². The third-order valence-corrected chi connectivity index (χ3v) is 3.63.